The number of hydrogen-bond acceptors (Lipinski definition) is 8. The van der Waals surface area contributed by atoms with Gasteiger partial charge in [0, 0.05) is 24.5 Å². The van der Waals surface area contributed by atoms with Crippen LogP contribution in [0, 0.1) is 12.8 Å². The first kappa shape index (κ1) is 24.8. The number of nitrogens with one attached hydrogen (secondary N) is 2. The van der Waals surface area contributed by atoms with E-state index in [9.17, 15) is 13.5 Å². The van der Waals surface area contributed by atoms with Crippen LogP contribution in [-0.2, 0) is 23.5 Å². The summed E-state index contributed by atoms with van der Waals surface area (Å²) in [6.07, 6.45) is 2.23. The third-order valence-corrected chi connectivity index (χ3v) is 6.03. The lowest BCUT2D eigenvalue weighted by Gasteiger charge is -2.19. The summed E-state index contributed by atoms with van der Waals surface area (Å²) in [4.78, 5) is 13.0. The van der Waals surface area contributed by atoms with E-state index in [4.69, 9.17) is 0 Å². The van der Waals surface area contributed by atoms with Crippen molar-refractivity contribution < 1.29 is 13.5 Å². The number of aromatic nitrogens is 5. The maximum absolute atomic E-state index is 11.8. The summed E-state index contributed by atoms with van der Waals surface area (Å²) in [6, 6.07) is 5.95. The third kappa shape index (κ3) is 6.61. The van der Waals surface area contributed by atoms with Crippen molar-refractivity contribution in [2.24, 2.45) is 13.0 Å². The molecule has 3 aromatic rings. The topological polar surface area (TPSA) is 135 Å². The molecule has 0 aliphatic heterocycles. The maximum Gasteiger partial charge on any atom is 0.241 e. The number of aliphatic hydroxyl groups is 1. The summed E-state index contributed by atoms with van der Waals surface area (Å²) >= 11 is 0. The molecule has 2 atom stereocenters. The van der Waals surface area contributed by atoms with Crippen LogP contribution in [0.4, 0.5) is 11.9 Å². The minimum Gasteiger partial charge on any atom is -0.394 e. The van der Waals surface area contributed by atoms with Gasteiger partial charge in [-0.2, -0.15) is 20.1 Å². The van der Waals surface area contributed by atoms with Gasteiger partial charge in [-0.3, -0.25) is 9.40 Å². The molecule has 0 fully saturated rings. The first-order chi connectivity index (χ1) is 15.4. The van der Waals surface area contributed by atoms with Gasteiger partial charge in [0.05, 0.1) is 24.4 Å². The van der Waals surface area contributed by atoms with Crippen molar-refractivity contribution in [3.8, 4) is 0 Å². The number of hydrogen-bond donors (Lipinski definition) is 3. The standard InChI is InChI=1S/C22H33N7O3S/c1-13(2)9-17(12-30)23-21-24-20(25-22(26-21)28-33(6,31)32)10-14(3)16-7-8-18-15(4)29(5)27-19(18)11-16/h7-8,11,13-14,17,30H,9-10,12H2,1-6H3,(H2,23,24,25,26,28)/t14?,17-/m1/s1. The number of rotatable bonds is 10. The lowest BCUT2D eigenvalue weighted by Crippen LogP contribution is -2.27. The summed E-state index contributed by atoms with van der Waals surface area (Å²) in [6.45, 7) is 8.12. The highest BCUT2D eigenvalue weighted by molar-refractivity contribution is 7.91. The molecule has 180 valence electrons. The summed E-state index contributed by atoms with van der Waals surface area (Å²) < 4.78 is 27.7. The van der Waals surface area contributed by atoms with Crippen LogP contribution in [-0.4, -0.2) is 57.2 Å². The first-order valence-corrected chi connectivity index (χ1v) is 12.9. The summed E-state index contributed by atoms with van der Waals surface area (Å²) in [7, 11) is -1.64. The predicted molar refractivity (Wildman–Crippen MR) is 130 cm³/mol. The van der Waals surface area contributed by atoms with Crippen molar-refractivity contribution in [3.05, 3.63) is 35.3 Å². The van der Waals surface area contributed by atoms with Gasteiger partial charge in [0.2, 0.25) is 21.9 Å². The fourth-order valence-corrected chi connectivity index (χ4v) is 4.19. The van der Waals surface area contributed by atoms with E-state index in [1.165, 1.54) is 0 Å². The zero-order valence-corrected chi connectivity index (χ0v) is 20.8. The minimum atomic E-state index is -3.56. The van der Waals surface area contributed by atoms with E-state index < -0.39 is 10.0 Å². The molecule has 11 heteroatoms. The number of aliphatic hydroxyl groups excluding tert-OH is 1. The molecule has 1 unspecified atom stereocenters. The van der Waals surface area contributed by atoms with Crippen LogP contribution < -0.4 is 10.0 Å². The lowest BCUT2D eigenvalue weighted by molar-refractivity contribution is 0.259. The van der Waals surface area contributed by atoms with E-state index in [0.717, 1.165) is 28.4 Å². The van der Waals surface area contributed by atoms with E-state index >= 15 is 0 Å². The number of sulfonamides is 1. The second-order valence-electron chi connectivity index (χ2n) is 9.02. The minimum absolute atomic E-state index is 0.0470. The Morgan fingerprint density at radius 3 is 2.45 bits per heavy atom. The fourth-order valence-electron chi connectivity index (χ4n) is 3.76. The molecule has 0 aliphatic carbocycles. The predicted octanol–water partition coefficient (Wildman–Crippen LogP) is 2.60. The van der Waals surface area contributed by atoms with Gasteiger partial charge in [-0.05, 0) is 36.8 Å². The number of fused-ring (bicyclic) bond motifs is 1. The van der Waals surface area contributed by atoms with Crippen molar-refractivity contribution in [2.45, 2.75) is 52.5 Å². The Kier molecular flexibility index (Phi) is 7.53. The second kappa shape index (κ2) is 10.0. The normalized spacial score (nSPS) is 13.9. The van der Waals surface area contributed by atoms with Crippen molar-refractivity contribution in [3.63, 3.8) is 0 Å². The largest absolute Gasteiger partial charge is 0.394 e. The maximum atomic E-state index is 11.8. The Morgan fingerprint density at radius 2 is 1.82 bits per heavy atom. The molecule has 33 heavy (non-hydrogen) atoms. The van der Waals surface area contributed by atoms with Gasteiger partial charge in [0.1, 0.15) is 5.82 Å². The van der Waals surface area contributed by atoms with E-state index in [2.05, 4.69) is 69.1 Å². The average molecular weight is 476 g/mol. The van der Waals surface area contributed by atoms with Crippen molar-refractivity contribution >= 4 is 32.8 Å². The van der Waals surface area contributed by atoms with Gasteiger partial charge in [-0.25, -0.2) is 8.42 Å². The van der Waals surface area contributed by atoms with E-state index in [1.807, 2.05) is 18.7 Å². The average Bonchev–Trinajstić information content (AvgIpc) is 2.98. The molecule has 0 saturated heterocycles. The summed E-state index contributed by atoms with van der Waals surface area (Å²) in [5, 5.41) is 18.5. The lowest BCUT2D eigenvalue weighted by atomic mass is 9.96. The highest BCUT2D eigenvalue weighted by Gasteiger charge is 2.17. The molecule has 0 amide bonds. The van der Waals surface area contributed by atoms with Gasteiger partial charge in [0.15, 0.2) is 0 Å². The quantitative estimate of drug-likeness (QED) is 0.407. The second-order valence-corrected chi connectivity index (χ2v) is 10.8. The fraction of sp³-hybridized carbons (Fsp3) is 0.545. The number of benzene rings is 1. The molecule has 0 radical (unpaired) electrons. The van der Waals surface area contributed by atoms with Gasteiger partial charge in [-0.15, -0.1) is 0 Å². The Bertz CT molecular complexity index is 1220. The molecule has 1 aromatic carbocycles. The molecule has 2 heterocycles. The molecule has 2 aromatic heterocycles. The van der Waals surface area contributed by atoms with E-state index in [1.54, 1.807) is 0 Å². The van der Waals surface area contributed by atoms with Crippen LogP contribution in [0.3, 0.4) is 0 Å². The van der Waals surface area contributed by atoms with Gasteiger partial charge >= 0.3 is 0 Å². The van der Waals surface area contributed by atoms with Gasteiger partial charge in [-0.1, -0.05) is 32.9 Å². The number of nitrogens with zero attached hydrogens (tertiary/aromatic N) is 5. The Hall–Kier alpha value is -2.79. The molecule has 0 bridgehead atoms. The van der Waals surface area contributed by atoms with E-state index in [-0.39, 0.29) is 30.5 Å². The van der Waals surface area contributed by atoms with E-state index in [0.29, 0.717) is 24.6 Å². The SMILES string of the molecule is Cc1c2ccc(C(C)Cc3nc(N[C@@H](CO)CC(C)C)nc(NS(C)(=O)=O)n3)cc2nn1C. The highest BCUT2D eigenvalue weighted by atomic mass is 32.2. The van der Waals surface area contributed by atoms with Crippen LogP contribution >= 0.6 is 0 Å². The Labute approximate surface area is 194 Å². The van der Waals surface area contributed by atoms with Crippen molar-refractivity contribution in [1.82, 2.24) is 24.7 Å². The summed E-state index contributed by atoms with van der Waals surface area (Å²) in [5.74, 6) is 1.05. The van der Waals surface area contributed by atoms with Crippen LogP contribution in [0.2, 0.25) is 0 Å². The van der Waals surface area contributed by atoms with Crippen molar-refractivity contribution in [2.75, 3.05) is 22.9 Å². The monoisotopic (exact) mass is 475 g/mol. The molecule has 3 rings (SSSR count). The molecular weight excluding hydrogens is 442 g/mol. The molecule has 10 nitrogen and oxygen atoms in total. The summed E-state index contributed by atoms with van der Waals surface area (Å²) in [5.41, 5.74) is 3.12. The van der Waals surface area contributed by atoms with Crippen LogP contribution in [0.1, 0.15) is 50.2 Å². The van der Waals surface area contributed by atoms with Crippen molar-refractivity contribution in [1.29, 1.82) is 0 Å². The Balaban J connectivity index is 1.89. The molecule has 3 N–H and O–H groups in total. The zero-order chi connectivity index (χ0) is 24.3. The van der Waals surface area contributed by atoms with Crippen LogP contribution in [0.25, 0.3) is 10.9 Å². The first-order valence-electron chi connectivity index (χ1n) is 11.0. The Morgan fingerprint density at radius 1 is 1.12 bits per heavy atom. The number of anilines is 2. The van der Waals surface area contributed by atoms with Gasteiger partial charge in [0.25, 0.3) is 0 Å². The molecule has 0 saturated carbocycles. The highest BCUT2D eigenvalue weighted by Crippen LogP contribution is 2.25. The smallest absolute Gasteiger partial charge is 0.241 e. The molecule has 0 spiro atoms. The van der Waals surface area contributed by atoms with Crippen LogP contribution in [0.5, 0.6) is 0 Å². The molecule has 0 aliphatic rings. The number of aryl methyl sites for hydroxylation is 2. The zero-order valence-electron chi connectivity index (χ0n) is 20.0. The third-order valence-electron chi connectivity index (χ3n) is 5.48. The van der Waals surface area contributed by atoms with Crippen LogP contribution in [0.15, 0.2) is 18.2 Å². The van der Waals surface area contributed by atoms with Gasteiger partial charge < -0.3 is 10.4 Å². The molecular formula is C22H33N7O3S.